The van der Waals surface area contributed by atoms with Crippen LogP contribution < -0.4 is 4.90 Å². The summed E-state index contributed by atoms with van der Waals surface area (Å²) in [7, 11) is 1.65. The average molecular weight is 282 g/mol. The highest BCUT2D eigenvalue weighted by Gasteiger charge is 2.35. The van der Waals surface area contributed by atoms with Gasteiger partial charge in [-0.25, -0.2) is 9.97 Å². The van der Waals surface area contributed by atoms with Crippen molar-refractivity contribution >= 4 is 17.4 Å². The van der Waals surface area contributed by atoms with Crippen LogP contribution in [-0.4, -0.2) is 29.7 Å². The van der Waals surface area contributed by atoms with Crippen molar-refractivity contribution in [2.75, 3.05) is 18.6 Å². The van der Waals surface area contributed by atoms with E-state index in [9.17, 15) is 0 Å². The fourth-order valence-electron chi connectivity index (χ4n) is 3.53. The van der Waals surface area contributed by atoms with Crippen LogP contribution in [0.4, 0.5) is 5.82 Å². The number of anilines is 1. The molecule has 2 fully saturated rings. The van der Waals surface area contributed by atoms with Crippen LogP contribution in [0.1, 0.15) is 37.9 Å². The van der Waals surface area contributed by atoms with Crippen molar-refractivity contribution in [2.24, 2.45) is 5.92 Å². The van der Waals surface area contributed by atoms with E-state index in [2.05, 4.69) is 14.9 Å². The van der Waals surface area contributed by atoms with E-state index in [-0.39, 0.29) is 0 Å². The van der Waals surface area contributed by atoms with Gasteiger partial charge in [0.25, 0.3) is 0 Å². The van der Waals surface area contributed by atoms with Crippen LogP contribution in [-0.2, 0) is 11.3 Å². The highest BCUT2D eigenvalue weighted by atomic mass is 35.5. The Bertz CT molecular complexity index is 454. The van der Waals surface area contributed by atoms with Crippen molar-refractivity contribution in [3.63, 3.8) is 0 Å². The number of hydrogen-bond donors (Lipinski definition) is 0. The summed E-state index contributed by atoms with van der Waals surface area (Å²) in [6, 6.07) is 2.54. The van der Waals surface area contributed by atoms with Crippen LogP contribution in [0.25, 0.3) is 0 Å². The van der Waals surface area contributed by atoms with Crippen molar-refractivity contribution in [1.82, 2.24) is 9.97 Å². The minimum absolute atomic E-state index is 0.412. The lowest BCUT2D eigenvalue weighted by Crippen LogP contribution is -2.43. The number of nitrogens with zero attached hydrogens (tertiary/aromatic N) is 3. The van der Waals surface area contributed by atoms with Crippen molar-refractivity contribution in [2.45, 2.75) is 44.8 Å². The van der Waals surface area contributed by atoms with Crippen LogP contribution in [0.2, 0.25) is 5.15 Å². The highest BCUT2D eigenvalue weighted by Crippen LogP contribution is 2.38. The SMILES string of the molecule is COCc1nc(Cl)cc(N2CCCC3CCCC32)n1. The van der Waals surface area contributed by atoms with Crippen LogP contribution in [0.5, 0.6) is 0 Å². The molecule has 1 saturated carbocycles. The van der Waals surface area contributed by atoms with Gasteiger partial charge in [-0.2, -0.15) is 0 Å². The molecular formula is C14H20ClN3O. The largest absolute Gasteiger partial charge is 0.377 e. The van der Waals surface area contributed by atoms with E-state index in [0.717, 1.165) is 18.3 Å². The molecule has 2 heterocycles. The van der Waals surface area contributed by atoms with Gasteiger partial charge in [0, 0.05) is 25.8 Å². The molecular weight excluding hydrogens is 262 g/mol. The molecule has 1 aromatic rings. The Balaban J connectivity index is 1.87. The lowest BCUT2D eigenvalue weighted by Gasteiger charge is -2.38. The molecule has 1 aliphatic carbocycles. The maximum absolute atomic E-state index is 6.11. The van der Waals surface area contributed by atoms with Crippen molar-refractivity contribution < 1.29 is 4.74 Å². The number of fused-ring (bicyclic) bond motifs is 1. The third kappa shape index (κ3) is 2.70. The molecule has 0 aromatic carbocycles. The van der Waals surface area contributed by atoms with Gasteiger partial charge in [-0.05, 0) is 31.6 Å². The molecule has 19 heavy (non-hydrogen) atoms. The summed E-state index contributed by atoms with van der Waals surface area (Å²) < 4.78 is 5.11. The van der Waals surface area contributed by atoms with Crippen molar-refractivity contribution in [3.8, 4) is 0 Å². The number of methoxy groups -OCH3 is 1. The predicted molar refractivity (Wildman–Crippen MR) is 75.5 cm³/mol. The Morgan fingerprint density at radius 1 is 1.32 bits per heavy atom. The Morgan fingerprint density at radius 3 is 3.00 bits per heavy atom. The molecule has 104 valence electrons. The highest BCUT2D eigenvalue weighted by molar-refractivity contribution is 6.29. The van der Waals surface area contributed by atoms with Gasteiger partial charge in [0.1, 0.15) is 17.6 Å². The summed E-state index contributed by atoms with van der Waals surface area (Å²) in [6.45, 7) is 1.50. The van der Waals surface area contributed by atoms with Gasteiger partial charge in [-0.15, -0.1) is 0 Å². The summed E-state index contributed by atoms with van der Waals surface area (Å²) in [5.74, 6) is 2.49. The van der Waals surface area contributed by atoms with Crippen LogP contribution in [0.3, 0.4) is 0 Å². The Kier molecular flexibility index (Phi) is 3.89. The minimum atomic E-state index is 0.412. The molecule has 0 amide bonds. The predicted octanol–water partition coefficient (Wildman–Crippen LogP) is 3.05. The minimum Gasteiger partial charge on any atom is -0.377 e. The zero-order valence-electron chi connectivity index (χ0n) is 11.3. The lowest BCUT2D eigenvalue weighted by atomic mass is 9.92. The van der Waals surface area contributed by atoms with E-state index in [0.29, 0.717) is 23.6 Å². The zero-order chi connectivity index (χ0) is 13.2. The molecule has 1 saturated heterocycles. The fourth-order valence-corrected chi connectivity index (χ4v) is 3.73. The van der Waals surface area contributed by atoms with Crippen LogP contribution in [0, 0.1) is 5.92 Å². The molecule has 5 heteroatoms. The molecule has 0 bridgehead atoms. The summed E-state index contributed by atoms with van der Waals surface area (Å²) in [4.78, 5) is 11.3. The summed E-state index contributed by atoms with van der Waals surface area (Å²) in [5.41, 5.74) is 0. The standard InChI is InChI=1S/C14H20ClN3O/c1-19-9-13-16-12(15)8-14(17-13)18-7-3-5-10-4-2-6-11(10)18/h8,10-11H,2-7,9H2,1H3. The van der Waals surface area contributed by atoms with E-state index in [1.807, 2.05) is 6.07 Å². The molecule has 3 rings (SSSR count). The first-order chi connectivity index (χ1) is 9.28. The number of piperidine rings is 1. The van der Waals surface area contributed by atoms with Gasteiger partial charge >= 0.3 is 0 Å². The molecule has 2 aliphatic rings. The second-order valence-corrected chi connectivity index (χ2v) is 5.88. The number of aromatic nitrogens is 2. The number of rotatable bonds is 3. The normalized spacial score (nSPS) is 26.5. The number of halogens is 1. The quantitative estimate of drug-likeness (QED) is 0.798. The van der Waals surface area contributed by atoms with E-state index in [4.69, 9.17) is 16.3 Å². The average Bonchev–Trinajstić information content (AvgIpc) is 2.86. The first-order valence-electron chi connectivity index (χ1n) is 7.07. The molecule has 1 aliphatic heterocycles. The molecule has 2 unspecified atom stereocenters. The van der Waals surface area contributed by atoms with Gasteiger partial charge in [-0.1, -0.05) is 18.0 Å². The second kappa shape index (κ2) is 5.63. The molecule has 0 N–H and O–H groups in total. The van der Waals surface area contributed by atoms with E-state index >= 15 is 0 Å². The Morgan fingerprint density at radius 2 is 2.16 bits per heavy atom. The fraction of sp³-hybridized carbons (Fsp3) is 0.714. The Labute approximate surface area is 119 Å². The first kappa shape index (κ1) is 13.1. The third-order valence-corrected chi connectivity index (χ3v) is 4.48. The van der Waals surface area contributed by atoms with Crippen molar-refractivity contribution in [3.05, 3.63) is 17.0 Å². The molecule has 2 atom stereocenters. The van der Waals surface area contributed by atoms with Gasteiger partial charge in [0.2, 0.25) is 0 Å². The third-order valence-electron chi connectivity index (χ3n) is 4.29. The number of ether oxygens (including phenoxy) is 1. The smallest absolute Gasteiger partial charge is 0.158 e. The van der Waals surface area contributed by atoms with Gasteiger partial charge in [0.15, 0.2) is 5.82 Å². The molecule has 4 nitrogen and oxygen atoms in total. The van der Waals surface area contributed by atoms with E-state index < -0.39 is 0 Å². The van der Waals surface area contributed by atoms with E-state index in [1.54, 1.807) is 7.11 Å². The summed E-state index contributed by atoms with van der Waals surface area (Å²) >= 11 is 6.11. The second-order valence-electron chi connectivity index (χ2n) is 5.49. The molecule has 1 aromatic heterocycles. The van der Waals surface area contributed by atoms with Gasteiger partial charge in [0.05, 0.1) is 0 Å². The first-order valence-corrected chi connectivity index (χ1v) is 7.45. The van der Waals surface area contributed by atoms with Crippen LogP contribution in [0.15, 0.2) is 6.07 Å². The summed E-state index contributed by atoms with van der Waals surface area (Å²) in [5, 5.41) is 0.511. The Hall–Kier alpha value is -0.870. The summed E-state index contributed by atoms with van der Waals surface area (Å²) in [6.07, 6.45) is 6.61. The number of hydrogen-bond acceptors (Lipinski definition) is 4. The molecule has 0 spiro atoms. The molecule has 0 radical (unpaired) electrons. The van der Waals surface area contributed by atoms with Crippen LogP contribution >= 0.6 is 11.6 Å². The van der Waals surface area contributed by atoms with E-state index in [1.165, 1.54) is 32.1 Å². The lowest BCUT2D eigenvalue weighted by molar-refractivity contribution is 0.177. The zero-order valence-corrected chi connectivity index (χ0v) is 12.1. The van der Waals surface area contributed by atoms with Crippen molar-refractivity contribution in [1.29, 1.82) is 0 Å². The monoisotopic (exact) mass is 281 g/mol. The maximum atomic E-state index is 6.11. The maximum Gasteiger partial charge on any atom is 0.158 e. The van der Waals surface area contributed by atoms with Gasteiger partial charge in [-0.3, -0.25) is 0 Å². The van der Waals surface area contributed by atoms with Gasteiger partial charge < -0.3 is 9.64 Å². The topological polar surface area (TPSA) is 38.2 Å².